The smallest absolute Gasteiger partial charge is 0.233 e. The van der Waals surface area contributed by atoms with Crippen molar-refractivity contribution in [1.29, 1.82) is 0 Å². The van der Waals surface area contributed by atoms with E-state index in [2.05, 4.69) is 15.0 Å². The second-order valence-electron chi connectivity index (χ2n) is 8.30. The molecule has 2 aromatic heterocycles. The van der Waals surface area contributed by atoms with Crippen LogP contribution in [0.5, 0.6) is 17.2 Å². The van der Waals surface area contributed by atoms with Crippen LogP contribution in [0.1, 0.15) is 19.5 Å². The molecule has 10 nitrogen and oxygen atoms in total. The number of pyridine rings is 1. The van der Waals surface area contributed by atoms with Gasteiger partial charge in [-0.2, -0.15) is 0 Å². The van der Waals surface area contributed by atoms with Crippen molar-refractivity contribution in [3.05, 3.63) is 54.4 Å². The Labute approximate surface area is 203 Å². The number of aliphatic hydroxyl groups excluding tert-OH is 2. The highest BCUT2D eigenvalue weighted by Crippen LogP contribution is 2.33. The zero-order valence-corrected chi connectivity index (χ0v) is 20.3. The van der Waals surface area contributed by atoms with E-state index in [1.54, 1.807) is 25.1 Å². The number of aliphatic imine (C=N–C) groups is 1. The first-order valence-electron chi connectivity index (χ1n) is 11.0. The quantitative estimate of drug-likeness (QED) is 0.406. The number of aromatic amines is 1. The van der Waals surface area contributed by atoms with E-state index >= 15 is 0 Å². The van der Waals surface area contributed by atoms with Crippen LogP contribution in [0, 0.1) is 0 Å². The monoisotopic (exact) mass is 501 g/mol. The van der Waals surface area contributed by atoms with Crippen LogP contribution >= 0.6 is 0 Å². The van der Waals surface area contributed by atoms with E-state index in [0.29, 0.717) is 28.8 Å². The summed E-state index contributed by atoms with van der Waals surface area (Å²) in [5, 5.41) is 18.8. The summed E-state index contributed by atoms with van der Waals surface area (Å²) >= 11 is 0. The first-order chi connectivity index (χ1) is 16.7. The molecule has 3 heterocycles. The number of aliphatic hydroxyl groups is 2. The number of rotatable bonds is 9. The summed E-state index contributed by atoms with van der Waals surface area (Å²) in [4.78, 5) is 11.6. The maximum Gasteiger partial charge on any atom is 0.233 e. The number of hydrogen-bond acceptors (Lipinski definition) is 9. The fraction of sp³-hybridized carbons (Fsp3) is 0.333. The van der Waals surface area contributed by atoms with Gasteiger partial charge in [0.2, 0.25) is 5.90 Å². The van der Waals surface area contributed by atoms with Gasteiger partial charge >= 0.3 is 0 Å². The molecule has 0 saturated carbocycles. The summed E-state index contributed by atoms with van der Waals surface area (Å²) in [7, 11) is -3.42. The Morgan fingerprint density at radius 2 is 1.83 bits per heavy atom. The first kappa shape index (κ1) is 24.7. The Bertz CT molecular complexity index is 1320. The number of nitrogens with zero attached hydrogens (tertiary/aromatic N) is 2. The van der Waals surface area contributed by atoms with E-state index < -0.39 is 15.9 Å². The standard InChI is InChI=1S/C24H27N3O7S/c1-14(12-28)32-18-8-16(20-5-6-21(26-20)24-27-22(13-29)15(2)33-24)9-19(10-18)34-17-4-7-23(25-11-17)35(3,30)31/h4-11,14-15,22,26,28-29H,12-13H2,1-3H3/t14?,15-,22?/m0/s1. The van der Waals surface area contributed by atoms with Gasteiger partial charge in [0, 0.05) is 23.6 Å². The zero-order chi connectivity index (χ0) is 25.2. The lowest BCUT2D eigenvalue weighted by Crippen LogP contribution is -2.21. The topological polar surface area (TPSA) is 143 Å². The molecule has 0 bridgehead atoms. The predicted molar refractivity (Wildman–Crippen MR) is 129 cm³/mol. The van der Waals surface area contributed by atoms with Crippen LogP contribution in [-0.4, -0.2) is 72.2 Å². The van der Waals surface area contributed by atoms with Crippen molar-refractivity contribution >= 4 is 15.7 Å². The van der Waals surface area contributed by atoms with Gasteiger partial charge in [-0.05, 0) is 50.2 Å². The average molecular weight is 502 g/mol. The molecule has 1 aliphatic rings. The van der Waals surface area contributed by atoms with E-state index in [1.807, 2.05) is 19.1 Å². The van der Waals surface area contributed by atoms with Crippen molar-refractivity contribution in [3.8, 4) is 28.5 Å². The fourth-order valence-electron chi connectivity index (χ4n) is 3.46. The lowest BCUT2D eigenvalue weighted by Gasteiger charge is -2.15. The second kappa shape index (κ2) is 10.1. The summed E-state index contributed by atoms with van der Waals surface area (Å²) in [6.45, 7) is 3.33. The van der Waals surface area contributed by atoms with Gasteiger partial charge in [-0.25, -0.2) is 18.4 Å². The van der Waals surface area contributed by atoms with Gasteiger partial charge < -0.3 is 29.4 Å². The lowest BCUT2D eigenvalue weighted by molar-refractivity contribution is 0.129. The average Bonchev–Trinajstić information content (AvgIpc) is 3.45. The summed E-state index contributed by atoms with van der Waals surface area (Å²) in [5.41, 5.74) is 2.14. The normalized spacial score (nSPS) is 18.6. The first-order valence-corrected chi connectivity index (χ1v) is 12.9. The van der Waals surface area contributed by atoms with E-state index in [0.717, 1.165) is 17.5 Å². The molecular weight excluding hydrogens is 474 g/mol. The minimum absolute atomic E-state index is 0.0480. The van der Waals surface area contributed by atoms with Gasteiger partial charge in [0.25, 0.3) is 0 Å². The molecule has 35 heavy (non-hydrogen) atoms. The van der Waals surface area contributed by atoms with Crippen molar-refractivity contribution in [2.45, 2.75) is 37.1 Å². The Kier molecular flexibility index (Phi) is 7.10. The third-order valence-corrected chi connectivity index (χ3v) is 6.34. The van der Waals surface area contributed by atoms with Gasteiger partial charge in [0.1, 0.15) is 41.2 Å². The Hall–Kier alpha value is -3.41. The molecule has 11 heteroatoms. The van der Waals surface area contributed by atoms with Crippen LogP contribution in [0.2, 0.25) is 0 Å². The summed E-state index contributed by atoms with van der Waals surface area (Å²) < 4.78 is 40.8. The second-order valence-corrected chi connectivity index (χ2v) is 10.3. The number of ether oxygens (including phenoxy) is 3. The molecule has 4 rings (SSSR count). The molecule has 0 spiro atoms. The van der Waals surface area contributed by atoms with Crippen LogP contribution in [0.15, 0.2) is 58.7 Å². The van der Waals surface area contributed by atoms with Crippen molar-refractivity contribution in [3.63, 3.8) is 0 Å². The highest BCUT2D eigenvalue weighted by Gasteiger charge is 2.28. The maximum atomic E-state index is 11.7. The summed E-state index contributed by atoms with van der Waals surface area (Å²) in [5.74, 6) is 1.67. The van der Waals surface area contributed by atoms with E-state index in [9.17, 15) is 18.6 Å². The number of hydrogen-bond donors (Lipinski definition) is 3. The summed E-state index contributed by atoms with van der Waals surface area (Å²) in [6, 6.07) is 11.5. The Balaban J connectivity index is 1.64. The van der Waals surface area contributed by atoms with Gasteiger partial charge in [-0.1, -0.05) is 0 Å². The molecule has 0 amide bonds. The SMILES string of the molecule is CC(CO)Oc1cc(Oc2ccc(S(C)(=O)=O)nc2)cc(-c2ccc(C3=NC(CO)[C@H](C)O3)[nH]2)c1. The zero-order valence-electron chi connectivity index (χ0n) is 19.5. The lowest BCUT2D eigenvalue weighted by atomic mass is 10.1. The van der Waals surface area contributed by atoms with Gasteiger partial charge in [-0.15, -0.1) is 0 Å². The molecule has 1 aromatic carbocycles. The molecule has 0 saturated heterocycles. The van der Waals surface area contributed by atoms with E-state index in [4.69, 9.17) is 14.2 Å². The van der Waals surface area contributed by atoms with Gasteiger partial charge in [-0.3, -0.25) is 0 Å². The van der Waals surface area contributed by atoms with Crippen molar-refractivity contribution in [1.82, 2.24) is 9.97 Å². The number of H-pyrrole nitrogens is 1. The highest BCUT2D eigenvalue weighted by molar-refractivity contribution is 7.90. The molecule has 3 aromatic rings. The van der Waals surface area contributed by atoms with Crippen molar-refractivity contribution < 1.29 is 32.8 Å². The van der Waals surface area contributed by atoms with Gasteiger partial charge in [0.05, 0.1) is 19.4 Å². The summed E-state index contributed by atoms with van der Waals surface area (Å²) in [6.07, 6.45) is 1.76. The van der Waals surface area contributed by atoms with Crippen LogP contribution < -0.4 is 9.47 Å². The number of benzene rings is 1. The van der Waals surface area contributed by atoms with Crippen LogP contribution in [-0.2, 0) is 14.6 Å². The molecular formula is C24H27N3O7S. The van der Waals surface area contributed by atoms with Crippen LogP contribution in [0.25, 0.3) is 11.3 Å². The maximum absolute atomic E-state index is 11.7. The largest absolute Gasteiger partial charge is 0.488 e. The van der Waals surface area contributed by atoms with Crippen molar-refractivity contribution in [2.75, 3.05) is 19.5 Å². The number of aromatic nitrogens is 2. The molecule has 3 atom stereocenters. The molecule has 186 valence electrons. The number of sulfone groups is 1. The fourth-order valence-corrected chi connectivity index (χ4v) is 4.02. The van der Waals surface area contributed by atoms with Crippen LogP contribution in [0.4, 0.5) is 0 Å². The molecule has 2 unspecified atom stereocenters. The third-order valence-electron chi connectivity index (χ3n) is 5.34. The minimum Gasteiger partial charge on any atom is -0.488 e. The van der Waals surface area contributed by atoms with Gasteiger partial charge in [0.15, 0.2) is 14.9 Å². The molecule has 1 aliphatic heterocycles. The van der Waals surface area contributed by atoms with Crippen LogP contribution in [0.3, 0.4) is 0 Å². The molecule has 0 aliphatic carbocycles. The van der Waals surface area contributed by atoms with Crippen molar-refractivity contribution in [2.24, 2.45) is 4.99 Å². The predicted octanol–water partition coefficient (Wildman–Crippen LogP) is 2.56. The molecule has 3 N–H and O–H groups in total. The highest BCUT2D eigenvalue weighted by atomic mass is 32.2. The molecule has 0 radical (unpaired) electrons. The molecule has 0 fully saturated rings. The Morgan fingerprint density at radius 3 is 2.46 bits per heavy atom. The third kappa shape index (κ3) is 5.81. The number of nitrogens with one attached hydrogen (secondary N) is 1. The minimum atomic E-state index is -3.42. The van der Waals surface area contributed by atoms with E-state index in [-0.39, 0.29) is 30.4 Å². The van der Waals surface area contributed by atoms with E-state index in [1.165, 1.54) is 18.3 Å². The Morgan fingerprint density at radius 1 is 1.09 bits per heavy atom.